The highest BCUT2D eigenvalue weighted by Crippen LogP contribution is 2.27. The molecule has 0 saturated carbocycles. The number of ether oxygens (including phenoxy) is 1. The molecule has 0 aromatic carbocycles. The Morgan fingerprint density at radius 1 is 1.22 bits per heavy atom. The topological polar surface area (TPSA) is 47.0 Å². The van der Waals surface area contributed by atoms with Gasteiger partial charge in [0.15, 0.2) is 0 Å². The lowest BCUT2D eigenvalue weighted by Gasteiger charge is -2.23. The van der Waals surface area contributed by atoms with Gasteiger partial charge in [0.1, 0.15) is 11.8 Å². The van der Waals surface area contributed by atoms with Gasteiger partial charge in [-0.2, -0.15) is 13.2 Å². The summed E-state index contributed by atoms with van der Waals surface area (Å²) in [4.78, 5) is 8.02. The first-order valence-corrected chi connectivity index (χ1v) is 7.32. The minimum Gasteiger partial charge on any atom is -0.369 e. The summed E-state index contributed by atoms with van der Waals surface area (Å²) in [6.45, 7) is 2.18. The van der Waals surface area contributed by atoms with E-state index in [1.807, 2.05) is 12.1 Å². The van der Waals surface area contributed by atoms with Gasteiger partial charge < -0.3 is 10.1 Å². The summed E-state index contributed by atoms with van der Waals surface area (Å²) in [6.07, 6.45) is -2.54. The molecule has 3 rings (SSSR count). The van der Waals surface area contributed by atoms with E-state index in [0.717, 1.165) is 23.9 Å². The van der Waals surface area contributed by atoms with Gasteiger partial charge in [-0.1, -0.05) is 12.1 Å². The smallest absolute Gasteiger partial charge is 0.369 e. The van der Waals surface area contributed by atoms with Gasteiger partial charge in [0, 0.05) is 31.4 Å². The standard InChI is InChI=1S/C16H16F3N3O/c17-16(18,19)15-3-1-2-12(22-15)8-11-4-5-13(21-9-11)14-10-20-6-7-23-14/h1-5,9,14,20H,6-8,10H2/t14-/m1/s1. The maximum absolute atomic E-state index is 12.7. The average Bonchev–Trinajstić information content (AvgIpc) is 2.56. The molecule has 1 fully saturated rings. The van der Waals surface area contributed by atoms with Crippen LogP contribution in [0.2, 0.25) is 0 Å². The highest BCUT2D eigenvalue weighted by atomic mass is 19.4. The lowest BCUT2D eigenvalue weighted by molar-refractivity contribution is -0.141. The summed E-state index contributed by atoms with van der Waals surface area (Å²) >= 11 is 0. The van der Waals surface area contributed by atoms with Crippen molar-refractivity contribution in [3.8, 4) is 0 Å². The van der Waals surface area contributed by atoms with Crippen LogP contribution < -0.4 is 5.32 Å². The molecule has 122 valence electrons. The zero-order valence-electron chi connectivity index (χ0n) is 12.3. The third-order valence-corrected chi connectivity index (χ3v) is 3.59. The van der Waals surface area contributed by atoms with Gasteiger partial charge >= 0.3 is 6.18 Å². The molecule has 0 bridgehead atoms. The molecule has 0 radical (unpaired) electrons. The van der Waals surface area contributed by atoms with Crippen molar-refractivity contribution in [3.05, 3.63) is 59.2 Å². The first-order chi connectivity index (χ1) is 11.0. The molecule has 2 aromatic rings. The predicted molar refractivity (Wildman–Crippen MR) is 77.8 cm³/mol. The highest BCUT2D eigenvalue weighted by molar-refractivity contribution is 5.23. The molecule has 3 heterocycles. The van der Waals surface area contributed by atoms with Gasteiger partial charge in [0.05, 0.1) is 12.3 Å². The van der Waals surface area contributed by atoms with Crippen LogP contribution >= 0.6 is 0 Å². The molecular weight excluding hydrogens is 307 g/mol. The monoisotopic (exact) mass is 323 g/mol. The highest BCUT2D eigenvalue weighted by Gasteiger charge is 2.32. The Morgan fingerprint density at radius 2 is 2.09 bits per heavy atom. The number of rotatable bonds is 3. The first kappa shape index (κ1) is 15.9. The molecule has 0 spiro atoms. The number of nitrogens with one attached hydrogen (secondary N) is 1. The Labute approximate surface area is 131 Å². The maximum atomic E-state index is 12.7. The normalized spacial score (nSPS) is 18.8. The number of nitrogens with zero attached hydrogens (tertiary/aromatic N) is 2. The Bertz CT molecular complexity index is 652. The number of aromatic nitrogens is 2. The van der Waals surface area contributed by atoms with Crippen molar-refractivity contribution in [2.45, 2.75) is 18.7 Å². The lowest BCUT2D eigenvalue weighted by atomic mass is 10.1. The molecule has 23 heavy (non-hydrogen) atoms. The number of alkyl halides is 3. The van der Waals surface area contributed by atoms with E-state index < -0.39 is 11.9 Å². The molecule has 1 atom stereocenters. The van der Waals surface area contributed by atoms with Gasteiger partial charge in [0.2, 0.25) is 0 Å². The van der Waals surface area contributed by atoms with E-state index in [0.29, 0.717) is 25.3 Å². The fourth-order valence-corrected chi connectivity index (χ4v) is 2.43. The third kappa shape index (κ3) is 4.05. The zero-order valence-corrected chi connectivity index (χ0v) is 12.3. The van der Waals surface area contributed by atoms with Crippen LogP contribution in [-0.2, 0) is 17.3 Å². The second-order valence-electron chi connectivity index (χ2n) is 5.34. The van der Waals surface area contributed by atoms with E-state index in [1.54, 1.807) is 12.3 Å². The van der Waals surface area contributed by atoms with Crippen LogP contribution in [-0.4, -0.2) is 29.7 Å². The Hall–Kier alpha value is -1.99. The molecular formula is C16H16F3N3O. The molecule has 2 aromatic heterocycles. The third-order valence-electron chi connectivity index (χ3n) is 3.59. The van der Waals surface area contributed by atoms with Crippen molar-refractivity contribution < 1.29 is 17.9 Å². The van der Waals surface area contributed by atoms with Crippen molar-refractivity contribution in [1.29, 1.82) is 0 Å². The molecule has 0 unspecified atom stereocenters. The van der Waals surface area contributed by atoms with Crippen molar-refractivity contribution >= 4 is 0 Å². The van der Waals surface area contributed by atoms with Crippen LogP contribution in [0, 0.1) is 0 Å². The van der Waals surface area contributed by atoms with Gasteiger partial charge in [-0.05, 0) is 23.8 Å². The first-order valence-electron chi connectivity index (χ1n) is 7.32. The Balaban J connectivity index is 1.71. The summed E-state index contributed by atoms with van der Waals surface area (Å²) in [6, 6.07) is 7.62. The van der Waals surface area contributed by atoms with Crippen LogP contribution in [0.3, 0.4) is 0 Å². The fraction of sp³-hybridized carbons (Fsp3) is 0.375. The van der Waals surface area contributed by atoms with E-state index in [1.165, 1.54) is 6.07 Å². The van der Waals surface area contributed by atoms with Gasteiger partial charge in [-0.25, -0.2) is 4.98 Å². The minimum atomic E-state index is -4.43. The van der Waals surface area contributed by atoms with Crippen LogP contribution in [0.1, 0.15) is 28.7 Å². The largest absolute Gasteiger partial charge is 0.433 e. The summed E-state index contributed by atoms with van der Waals surface area (Å²) < 4.78 is 43.6. The van der Waals surface area contributed by atoms with Gasteiger partial charge in [-0.15, -0.1) is 0 Å². The fourth-order valence-electron chi connectivity index (χ4n) is 2.43. The van der Waals surface area contributed by atoms with Crippen LogP contribution in [0.15, 0.2) is 36.5 Å². The molecule has 4 nitrogen and oxygen atoms in total. The summed E-state index contributed by atoms with van der Waals surface area (Å²) in [5.74, 6) is 0. The van der Waals surface area contributed by atoms with Crippen LogP contribution in [0.4, 0.5) is 13.2 Å². The van der Waals surface area contributed by atoms with Crippen molar-refractivity contribution in [2.24, 2.45) is 0 Å². The van der Waals surface area contributed by atoms with E-state index in [-0.39, 0.29) is 6.10 Å². The second-order valence-corrected chi connectivity index (χ2v) is 5.34. The van der Waals surface area contributed by atoms with Crippen LogP contribution in [0.25, 0.3) is 0 Å². The molecule has 1 N–H and O–H groups in total. The van der Waals surface area contributed by atoms with Crippen molar-refractivity contribution in [1.82, 2.24) is 15.3 Å². The Morgan fingerprint density at radius 3 is 2.74 bits per heavy atom. The summed E-state index contributed by atoms with van der Waals surface area (Å²) in [7, 11) is 0. The SMILES string of the molecule is FC(F)(F)c1cccc(Cc2ccc([C@H]3CNCCO3)nc2)n1. The van der Waals surface area contributed by atoms with Gasteiger partial charge in [-0.3, -0.25) is 4.98 Å². The number of pyridine rings is 2. The van der Waals surface area contributed by atoms with Crippen LogP contribution in [0.5, 0.6) is 0 Å². The zero-order chi connectivity index (χ0) is 16.3. The van der Waals surface area contributed by atoms with E-state index in [4.69, 9.17) is 4.74 Å². The molecule has 1 aliphatic heterocycles. The average molecular weight is 323 g/mol. The van der Waals surface area contributed by atoms with E-state index in [9.17, 15) is 13.2 Å². The number of morpholine rings is 1. The van der Waals surface area contributed by atoms with E-state index >= 15 is 0 Å². The van der Waals surface area contributed by atoms with Crippen molar-refractivity contribution in [3.63, 3.8) is 0 Å². The molecule has 0 aliphatic carbocycles. The van der Waals surface area contributed by atoms with Gasteiger partial charge in [0.25, 0.3) is 0 Å². The molecule has 1 aliphatic rings. The lowest BCUT2D eigenvalue weighted by Crippen LogP contribution is -2.33. The predicted octanol–water partition coefficient (Wildman–Crippen LogP) is 2.75. The minimum absolute atomic E-state index is 0.0792. The summed E-state index contributed by atoms with van der Waals surface area (Å²) in [5, 5.41) is 3.23. The second kappa shape index (κ2) is 6.64. The number of hydrogen-bond donors (Lipinski definition) is 1. The Kier molecular flexibility index (Phi) is 4.58. The number of halogens is 3. The molecule has 0 amide bonds. The molecule has 7 heteroatoms. The maximum Gasteiger partial charge on any atom is 0.433 e. The summed E-state index contributed by atoms with van der Waals surface area (Å²) in [5.41, 5.74) is 1.12. The van der Waals surface area contributed by atoms with E-state index in [2.05, 4.69) is 15.3 Å². The quantitative estimate of drug-likeness (QED) is 0.943. The van der Waals surface area contributed by atoms with Crippen molar-refractivity contribution in [2.75, 3.05) is 19.7 Å². The molecule has 1 saturated heterocycles. The number of hydrogen-bond acceptors (Lipinski definition) is 4.